The van der Waals surface area contributed by atoms with Gasteiger partial charge in [0.25, 0.3) is 0 Å². The molecule has 0 N–H and O–H groups in total. The maximum absolute atomic E-state index is 5.94. The lowest BCUT2D eigenvalue weighted by atomic mass is 10.4. The summed E-state index contributed by atoms with van der Waals surface area (Å²) in [6.45, 7) is 8.74. The highest BCUT2D eigenvalue weighted by atomic mass is 28.4. The van der Waals surface area contributed by atoms with Crippen molar-refractivity contribution in [1.29, 1.82) is 0 Å². The van der Waals surface area contributed by atoms with E-state index in [0.29, 0.717) is 6.10 Å². The minimum Gasteiger partial charge on any atom is -0.417 e. The highest BCUT2D eigenvalue weighted by Gasteiger charge is 2.25. The predicted molar refractivity (Wildman–Crippen MR) is 57.5 cm³/mol. The van der Waals surface area contributed by atoms with E-state index < -0.39 is 8.32 Å². The fourth-order valence-electron chi connectivity index (χ4n) is 1.38. The molecule has 0 radical (unpaired) electrons. The van der Waals surface area contributed by atoms with Crippen molar-refractivity contribution in [3.05, 3.63) is 0 Å². The molecule has 2 nitrogen and oxygen atoms in total. The summed E-state index contributed by atoms with van der Waals surface area (Å²) in [7, 11) is -1.32. The fraction of sp³-hybridized carbons (Fsp3) is 1.00. The maximum atomic E-state index is 5.94. The number of ether oxygens (including phenoxy) is 1. The van der Waals surface area contributed by atoms with Crippen LogP contribution in [0.5, 0.6) is 0 Å². The molecule has 0 aromatic heterocycles. The van der Waals surface area contributed by atoms with Gasteiger partial charge in [-0.15, -0.1) is 0 Å². The molecule has 3 heteroatoms. The van der Waals surface area contributed by atoms with Crippen LogP contribution in [0.4, 0.5) is 0 Å². The summed E-state index contributed by atoms with van der Waals surface area (Å²) >= 11 is 0. The van der Waals surface area contributed by atoms with Gasteiger partial charge in [-0.3, -0.25) is 0 Å². The third kappa shape index (κ3) is 5.44. The molecule has 0 bridgehead atoms. The molecule has 1 unspecified atom stereocenters. The first-order chi connectivity index (χ1) is 6.14. The van der Waals surface area contributed by atoms with Crippen molar-refractivity contribution < 1.29 is 9.16 Å². The Kier molecular flexibility index (Phi) is 4.42. The SMILES string of the molecule is CCCC[Si](C)(C)OCCC1CO1. The summed E-state index contributed by atoms with van der Waals surface area (Å²) < 4.78 is 11.1. The molecule has 1 aliphatic rings. The molecule has 13 heavy (non-hydrogen) atoms. The summed E-state index contributed by atoms with van der Waals surface area (Å²) in [5.41, 5.74) is 0. The van der Waals surface area contributed by atoms with Gasteiger partial charge in [-0.1, -0.05) is 19.8 Å². The summed E-state index contributed by atoms with van der Waals surface area (Å²) in [6.07, 6.45) is 4.23. The quantitative estimate of drug-likeness (QED) is 0.468. The summed E-state index contributed by atoms with van der Waals surface area (Å²) in [6, 6.07) is 1.30. The predicted octanol–water partition coefficient (Wildman–Crippen LogP) is 2.80. The molecule has 1 heterocycles. The van der Waals surface area contributed by atoms with Gasteiger partial charge in [0.2, 0.25) is 0 Å². The first-order valence-electron chi connectivity index (χ1n) is 5.39. The standard InChI is InChI=1S/C10H22O2Si/c1-4-5-8-13(2,3)12-7-6-10-9-11-10/h10H,4-9H2,1-3H3. The van der Waals surface area contributed by atoms with Gasteiger partial charge < -0.3 is 9.16 Å². The number of hydrogen-bond donors (Lipinski definition) is 0. The molecule has 78 valence electrons. The van der Waals surface area contributed by atoms with E-state index in [4.69, 9.17) is 9.16 Å². The van der Waals surface area contributed by atoms with E-state index in [0.717, 1.165) is 19.6 Å². The topological polar surface area (TPSA) is 21.8 Å². The first kappa shape index (κ1) is 11.2. The van der Waals surface area contributed by atoms with Crippen LogP contribution in [0.2, 0.25) is 19.1 Å². The van der Waals surface area contributed by atoms with Crippen molar-refractivity contribution in [1.82, 2.24) is 0 Å². The zero-order chi connectivity index (χ0) is 9.73. The van der Waals surface area contributed by atoms with Crippen LogP contribution in [0, 0.1) is 0 Å². The summed E-state index contributed by atoms with van der Waals surface area (Å²) in [5, 5.41) is 0. The normalized spacial score (nSPS) is 21.9. The molecular formula is C10H22O2Si. The van der Waals surface area contributed by atoms with Crippen molar-refractivity contribution in [2.45, 2.75) is 51.4 Å². The number of epoxide rings is 1. The number of hydrogen-bond acceptors (Lipinski definition) is 2. The third-order valence-electron chi connectivity index (χ3n) is 2.47. The van der Waals surface area contributed by atoms with Crippen molar-refractivity contribution in [3.63, 3.8) is 0 Å². The zero-order valence-corrected chi connectivity index (χ0v) is 10.1. The molecule has 1 saturated heterocycles. The molecule has 0 aromatic carbocycles. The van der Waals surface area contributed by atoms with Gasteiger partial charge in [0.05, 0.1) is 12.7 Å². The Bertz CT molecular complexity index is 144. The molecule has 0 aliphatic carbocycles. The number of unbranched alkanes of at least 4 members (excludes halogenated alkanes) is 1. The lowest BCUT2D eigenvalue weighted by molar-refractivity contribution is 0.274. The largest absolute Gasteiger partial charge is 0.417 e. The average Bonchev–Trinajstić information content (AvgIpc) is 2.84. The van der Waals surface area contributed by atoms with Gasteiger partial charge in [-0.2, -0.15) is 0 Å². The highest BCUT2D eigenvalue weighted by Crippen LogP contribution is 2.18. The van der Waals surface area contributed by atoms with E-state index in [1.807, 2.05) is 0 Å². The van der Waals surface area contributed by atoms with Crippen LogP contribution in [0.3, 0.4) is 0 Å². The van der Waals surface area contributed by atoms with Crippen LogP contribution in [0.1, 0.15) is 26.2 Å². The molecule has 0 spiro atoms. The van der Waals surface area contributed by atoms with Crippen LogP contribution in [0.15, 0.2) is 0 Å². The van der Waals surface area contributed by atoms with Gasteiger partial charge in [-0.25, -0.2) is 0 Å². The van der Waals surface area contributed by atoms with Crippen LogP contribution in [-0.2, 0) is 9.16 Å². The maximum Gasteiger partial charge on any atom is 0.186 e. The van der Waals surface area contributed by atoms with E-state index >= 15 is 0 Å². The average molecular weight is 202 g/mol. The summed E-state index contributed by atoms with van der Waals surface area (Å²) in [5.74, 6) is 0. The zero-order valence-electron chi connectivity index (χ0n) is 9.14. The second kappa shape index (κ2) is 5.13. The fourth-order valence-corrected chi connectivity index (χ4v) is 3.40. The highest BCUT2D eigenvalue weighted by molar-refractivity contribution is 6.71. The third-order valence-corrected chi connectivity index (χ3v) is 5.01. The lowest BCUT2D eigenvalue weighted by Crippen LogP contribution is -2.30. The van der Waals surface area contributed by atoms with Crippen molar-refractivity contribution in [2.24, 2.45) is 0 Å². The molecular weight excluding hydrogens is 180 g/mol. The Morgan fingerprint density at radius 2 is 2.15 bits per heavy atom. The van der Waals surface area contributed by atoms with E-state index in [1.54, 1.807) is 0 Å². The van der Waals surface area contributed by atoms with E-state index in [9.17, 15) is 0 Å². The molecule has 1 aliphatic heterocycles. The van der Waals surface area contributed by atoms with Gasteiger partial charge in [-0.05, 0) is 25.6 Å². The second-order valence-electron chi connectivity index (χ2n) is 4.46. The first-order valence-corrected chi connectivity index (χ1v) is 8.51. The van der Waals surface area contributed by atoms with Crippen LogP contribution >= 0.6 is 0 Å². The Balaban J connectivity index is 2.01. The van der Waals surface area contributed by atoms with E-state index in [-0.39, 0.29) is 0 Å². The smallest absolute Gasteiger partial charge is 0.186 e. The molecule has 0 saturated carbocycles. The van der Waals surface area contributed by atoms with Crippen LogP contribution in [0.25, 0.3) is 0 Å². The summed E-state index contributed by atoms with van der Waals surface area (Å²) in [4.78, 5) is 0. The van der Waals surface area contributed by atoms with E-state index in [2.05, 4.69) is 20.0 Å². The lowest BCUT2D eigenvalue weighted by Gasteiger charge is -2.22. The van der Waals surface area contributed by atoms with Gasteiger partial charge in [0, 0.05) is 6.61 Å². The van der Waals surface area contributed by atoms with Gasteiger partial charge >= 0.3 is 0 Å². The van der Waals surface area contributed by atoms with Gasteiger partial charge in [0.1, 0.15) is 0 Å². The van der Waals surface area contributed by atoms with Gasteiger partial charge in [0.15, 0.2) is 8.32 Å². The minimum absolute atomic E-state index is 0.524. The molecule has 0 amide bonds. The monoisotopic (exact) mass is 202 g/mol. The Labute approximate surface area is 82.7 Å². The van der Waals surface area contributed by atoms with Crippen molar-refractivity contribution in [2.75, 3.05) is 13.2 Å². The van der Waals surface area contributed by atoms with Crippen molar-refractivity contribution in [3.8, 4) is 0 Å². The molecule has 0 aromatic rings. The second-order valence-corrected chi connectivity index (χ2v) is 8.76. The Morgan fingerprint density at radius 1 is 1.46 bits per heavy atom. The van der Waals surface area contributed by atoms with E-state index in [1.165, 1.54) is 18.9 Å². The van der Waals surface area contributed by atoms with Crippen LogP contribution in [-0.4, -0.2) is 27.6 Å². The number of rotatable bonds is 7. The molecule has 1 fully saturated rings. The van der Waals surface area contributed by atoms with Crippen molar-refractivity contribution >= 4 is 8.32 Å². The molecule has 1 atom stereocenters. The minimum atomic E-state index is -1.32. The van der Waals surface area contributed by atoms with Crippen LogP contribution < -0.4 is 0 Å². The molecule has 1 rings (SSSR count). The Hall–Kier alpha value is 0.137. The Morgan fingerprint density at radius 3 is 2.69 bits per heavy atom.